The number of amides is 2. The number of anilines is 1. The fourth-order valence-corrected chi connectivity index (χ4v) is 4.47. The molecule has 0 radical (unpaired) electrons. The lowest BCUT2D eigenvalue weighted by molar-refractivity contribution is -0.120. The van der Waals surface area contributed by atoms with Gasteiger partial charge in [0, 0.05) is 26.2 Å². The quantitative estimate of drug-likeness (QED) is 0.627. The van der Waals surface area contributed by atoms with Gasteiger partial charge in [-0.2, -0.15) is 0 Å². The minimum Gasteiger partial charge on any atom is -0.489 e. The van der Waals surface area contributed by atoms with Crippen molar-refractivity contribution in [1.82, 2.24) is 9.80 Å². The van der Waals surface area contributed by atoms with E-state index in [0.29, 0.717) is 35.8 Å². The van der Waals surface area contributed by atoms with Crippen molar-refractivity contribution in [3.8, 4) is 5.75 Å². The molecule has 1 fully saturated rings. The zero-order chi connectivity index (χ0) is 23.7. The second-order valence-electron chi connectivity index (χ2n) is 9.02. The van der Waals surface area contributed by atoms with Crippen LogP contribution in [0.3, 0.4) is 0 Å². The molecule has 2 aliphatic heterocycles. The number of hydrogen-bond donors (Lipinski definition) is 0. The number of rotatable bonds is 6. The van der Waals surface area contributed by atoms with Crippen LogP contribution < -0.4 is 9.64 Å². The molecule has 1 saturated heterocycles. The molecule has 6 nitrogen and oxygen atoms in total. The zero-order valence-electron chi connectivity index (χ0n) is 20.2. The summed E-state index contributed by atoms with van der Waals surface area (Å²) in [6.45, 7) is 14.2. The molecular formula is C27H33N3O3. The molecule has 4 rings (SSSR count). The average Bonchev–Trinajstić information content (AvgIpc) is 3.05. The van der Waals surface area contributed by atoms with Crippen LogP contribution in [0.1, 0.15) is 37.5 Å². The number of piperazine rings is 1. The van der Waals surface area contributed by atoms with Gasteiger partial charge in [-0.05, 0) is 63.1 Å². The van der Waals surface area contributed by atoms with Gasteiger partial charge < -0.3 is 14.5 Å². The second kappa shape index (κ2) is 9.40. The van der Waals surface area contributed by atoms with Crippen LogP contribution in [0.5, 0.6) is 5.75 Å². The molecular weight excluding hydrogens is 414 g/mol. The van der Waals surface area contributed by atoms with Gasteiger partial charge in [0.1, 0.15) is 11.4 Å². The van der Waals surface area contributed by atoms with E-state index in [1.54, 1.807) is 6.07 Å². The molecule has 2 heterocycles. The van der Waals surface area contributed by atoms with Gasteiger partial charge in [0.05, 0.1) is 17.4 Å². The van der Waals surface area contributed by atoms with Crippen molar-refractivity contribution in [2.75, 3.05) is 37.6 Å². The number of aryl methyl sites for hydroxylation is 2. The van der Waals surface area contributed by atoms with Gasteiger partial charge in [-0.3, -0.25) is 9.59 Å². The molecule has 0 unspecified atom stereocenters. The highest BCUT2D eigenvalue weighted by atomic mass is 16.5. The fourth-order valence-electron chi connectivity index (χ4n) is 4.47. The van der Waals surface area contributed by atoms with Gasteiger partial charge in [0.25, 0.3) is 11.8 Å². The summed E-state index contributed by atoms with van der Waals surface area (Å²) < 4.78 is 5.95. The van der Waals surface area contributed by atoms with E-state index in [-0.39, 0.29) is 17.9 Å². The van der Waals surface area contributed by atoms with Crippen LogP contribution in [0.25, 0.3) is 5.57 Å². The SMILES string of the molecule is CCN1CCN(C2=C(c3ccc(C)c(C)c3)C(=O)N(c3ccccc3OC(C)C)C2=O)CC1. The topological polar surface area (TPSA) is 53.1 Å². The number of nitrogens with zero attached hydrogens (tertiary/aromatic N) is 3. The Morgan fingerprint density at radius 3 is 2.24 bits per heavy atom. The first-order chi connectivity index (χ1) is 15.8. The molecule has 0 bridgehead atoms. The number of likely N-dealkylation sites (N-methyl/N-ethyl adjacent to an activating group) is 1. The molecule has 6 heteroatoms. The van der Waals surface area contributed by atoms with Crippen LogP contribution in [0, 0.1) is 13.8 Å². The van der Waals surface area contributed by atoms with Crippen molar-refractivity contribution in [2.45, 2.75) is 40.7 Å². The molecule has 0 aliphatic carbocycles. The van der Waals surface area contributed by atoms with Crippen molar-refractivity contribution < 1.29 is 14.3 Å². The van der Waals surface area contributed by atoms with Crippen molar-refractivity contribution in [3.05, 3.63) is 64.9 Å². The third-order valence-electron chi connectivity index (χ3n) is 6.46. The number of benzene rings is 2. The van der Waals surface area contributed by atoms with E-state index < -0.39 is 0 Å². The van der Waals surface area contributed by atoms with Gasteiger partial charge in [0.2, 0.25) is 0 Å². The molecule has 2 amide bonds. The van der Waals surface area contributed by atoms with Crippen LogP contribution >= 0.6 is 0 Å². The Kier molecular flexibility index (Phi) is 6.56. The number of ether oxygens (including phenoxy) is 1. The molecule has 0 atom stereocenters. The van der Waals surface area contributed by atoms with E-state index in [9.17, 15) is 9.59 Å². The third kappa shape index (κ3) is 4.40. The predicted octanol–water partition coefficient (Wildman–Crippen LogP) is 4.01. The van der Waals surface area contributed by atoms with Crippen molar-refractivity contribution in [2.24, 2.45) is 0 Å². The maximum Gasteiger partial charge on any atom is 0.282 e. The summed E-state index contributed by atoms with van der Waals surface area (Å²) in [6.07, 6.45) is -0.0762. The number of para-hydroxylation sites is 2. The summed E-state index contributed by atoms with van der Waals surface area (Å²) in [5, 5.41) is 0. The van der Waals surface area contributed by atoms with E-state index in [0.717, 1.165) is 36.3 Å². The smallest absolute Gasteiger partial charge is 0.282 e. The van der Waals surface area contributed by atoms with Gasteiger partial charge in [-0.1, -0.05) is 37.3 Å². The summed E-state index contributed by atoms with van der Waals surface area (Å²) in [6, 6.07) is 13.3. The number of carbonyl (C=O) groups excluding carboxylic acids is 2. The minimum atomic E-state index is -0.295. The van der Waals surface area contributed by atoms with E-state index in [1.807, 2.05) is 64.1 Å². The van der Waals surface area contributed by atoms with Gasteiger partial charge in [-0.15, -0.1) is 0 Å². The first-order valence-electron chi connectivity index (χ1n) is 11.8. The minimum absolute atomic E-state index is 0.0762. The summed E-state index contributed by atoms with van der Waals surface area (Å²) in [5.41, 5.74) is 4.50. The lowest BCUT2D eigenvalue weighted by Crippen LogP contribution is -2.47. The maximum absolute atomic E-state index is 13.9. The summed E-state index contributed by atoms with van der Waals surface area (Å²) in [5.74, 6) is -0.0420. The predicted molar refractivity (Wildman–Crippen MR) is 131 cm³/mol. The van der Waals surface area contributed by atoms with E-state index in [4.69, 9.17) is 4.74 Å². The van der Waals surface area contributed by atoms with Gasteiger partial charge in [-0.25, -0.2) is 4.90 Å². The van der Waals surface area contributed by atoms with Gasteiger partial charge in [0.15, 0.2) is 0 Å². The summed E-state index contributed by atoms with van der Waals surface area (Å²) in [7, 11) is 0. The molecule has 174 valence electrons. The molecule has 33 heavy (non-hydrogen) atoms. The summed E-state index contributed by atoms with van der Waals surface area (Å²) >= 11 is 0. The molecule has 0 saturated carbocycles. The van der Waals surface area contributed by atoms with Gasteiger partial charge >= 0.3 is 0 Å². The van der Waals surface area contributed by atoms with E-state index in [2.05, 4.69) is 16.7 Å². The van der Waals surface area contributed by atoms with Crippen molar-refractivity contribution in [3.63, 3.8) is 0 Å². The Morgan fingerprint density at radius 2 is 1.61 bits per heavy atom. The lowest BCUT2D eigenvalue weighted by Gasteiger charge is -2.36. The highest BCUT2D eigenvalue weighted by Crippen LogP contribution is 2.39. The lowest BCUT2D eigenvalue weighted by atomic mass is 9.99. The first kappa shape index (κ1) is 23.1. The van der Waals surface area contributed by atoms with Crippen LogP contribution in [0.15, 0.2) is 48.2 Å². The fraction of sp³-hybridized carbons (Fsp3) is 0.407. The molecule has 2 aromatic rings. The summed E-state index contributed by atoms with van der Waals surface area (Å²) in [4.78, 5) is 33.5. The molecule has 0 spiro atoms. The van der Waals surface area contributed by atoms with Crippen LogP contribution in [-0.4, -0.2) is 60.4 Å². The normalized spacial score (nSPS) is 17.5. The van der Waals surface area contributed by atoms with Crippen LogP contribution in [0.2, 0.25) is 0 Å². The Bertz CT molecular complexity index is 1100. The Balaban J connectivity index is 1.81. The second-order valence-corrected chi connectivity index (χ2v) is 9.02. The first-order valence-corrected chi connectivity index (χ1v) is 11.8. The monoisotopic (exact) mass is 447 g/mol. The zero-order valence-corrected chi connectivity index (χ0v) is 20.2. The number of imide groups is 1. The van der Waals surface area contributed by atoms with E-state index in [1.165, 1.54) is 4.90 Å². The van der Waals surface area contributed by atoms with Crippen molar-refractivity contribution >= 4 is 23.1 Å². The molecule has 0 aromatic heterocycles. The van der Waals surface area contributed by atoms with Crippen LogP contribution in [0.4, 0.5) is 5.69 Å². The Hall–Kier alpha value is -3.12. The standard InChI is InChI=1S/C27H33N3O3/c1-6-28-13-15-29(16-14-28)25-24(21-12-11-19(4)20(5)17-21)26(31)30(27(25)32)22-9-7-8-10-23(22)33-18(2)3/h7-12,17-18H,6,13-16H2,1-5H3. The highest BCUT2D eigenvalue weighted by Gasteiger charge is 2.44. The third-order valence-corrected chi connectivity index (χ3v) is 6.46. The Labute approximate surface area is 196 Å². The highest BCUT2D eigenvalue weighted by molar-refractivity contribution is 6.45. The van der Waals surface area contributed by atoms with E-state index >= 15 is 0 Å². The number of carbonyl (C=O) groups is 2. The number of hydrogen-bond acceptors (Lipinski definition) is 5. The van der Waals surface area contributed by atoms with Crippen molar-refractivity contribution in [1.29, 1.82) is 0 Å². The van der Waals surface area contributed by atoms with Crippen LogP contribution in [-0.2, 0) is 9.59 Å². The largest absolute Gasteiger partial charge is 0.489 e. The maximum atomic E-state index is 13.9. The molecule has 2 aliphatic rings. The Morgan fingerprint density at radius 1 is 0.909 bits per heavy atom. The average molecular weight is 448 g/mol. The molecule has 2 aromatic carbocycles. The molecule has 0 N–H and O–H groups in total.